The summed E-state index contributed by atoms with van der Waals surface area (Å²) in [7, 11) is 0. The molecule has 5 rings (SSSR count). The van der Waals surface area contributed by atoms with E-state index in [9.17, 15) is 14.7 Å². The zero-order valence-corrected chi connectivity index (χ0v) is 23.5. The molecule has 0 aliphatic carbocycles. The molecule has 6 nitrogen and oxygen atoms in total. The molecule has 0 bridgehead atoms. The molecular formula is C28H20Br2N2O4S. The van der Waals surface area contributed by atoms with Crippen LogP contribution in [0.2, 0.25) is 0 Å². The predicted octanol–water partition coefficient (Wildman–Crippen LogP) is 5.17. The van der Waals surface area contributed by atoms with Gasteiger partial charge < -0.3 is 9.84 Å². The number of carbonyl (C=O) groups is 1. The molecule has 2 heterocycles. The van der Waals surface area contributed by atoms with Gasteiger partial charge in [-0.1, -0.05) is 72.0 Å². The number of fused-ring (bicyclic) bond motifs is 1. The molecule has 0 saturated heterocycles. The summed E-state index contributed by atoms with van der Waals surface area (Å²) in [5.74, 6) is -0.436. The molecule has 0 spiro atoms. The molecule has 4 aromatic rings. The van der Waals surface area contributed by atoms with E-state index in [2.05, 4.69) is 31.9 Å². The fourth-order valence-electron chi connectivity index (χ4n) is 4.21. The first-order valence-electron chi connectivity index (χ1n) is 11.4. The second-order valence-electron chi connectivity index (χ2n) is 8.18. The maximum atomic E-state index is 13.8. The van der Waals surface area contributed by atoms with Crippen molar-refractivity contribution in [1.82, 2.24) is 4.57 Å². The van der Waals surface area contributed by atoms with Crippen molar-refractivity contribution in [2.45, 2.75) is 13.0 Å². The highest BCUT2D eigenvalue weighted by Crippen LogP contribution is 2.35. The highest BCUT2D eigenvalue weighted by atomic mass is 79.9. The predicted molar refractivity (Wildman–Crippen MR) is 151 cm³/mol. The third-order valence-corrected chi connectivity index (χ3v) is 8.02. The summed E-state index contributed by atoms with van der Waals surface area (Å²) < 4.78 is 8.48. The molecule has 0 fully saturated rings. The minimum atomic E-state index is -0.716. The monoisotopic (exact) mass is 638 g/mol. The van der Waals surface area contributed by atoms with Crippen LogP contribution in [0.15, 0.2) is 97.1 Å². The number of thiazole rings is 1. The largest absolute Gasteiger partial charge is 0.506 e. The Bertz CT molecular complexity index is 1690. The smallest absolute Gasteiger partial charge is 0.338 e. The molecule has 1 atom stereocenters. The Balaban J connectivity index is 1.82. The van der Waals surface area contributed by atoms with E-state index in [1.165, 1.54) is 11.3 Å². The lowest BCUT2D eigenvalue weighted by Gasteiger charge is -2.25. The Morgan fingerprint density at radius 3 is 2.32 bits per heavy atom. The van der Waals surface area contributed by atoms with Crippen molar-refractivity contribution >= 4 is 60.9 Å². The number of rotatable bonds is 5. The average molecular weight is 640 g/mol. The topological polar surface area (TPSA) is 80.9 Å². The third-order valence-electron chi connectivity index (χ3n) is 5.83. The Morgan fingerprint density at radius 1 is 1.08 bits per heavy atom. The van der Waals surface area contributed by atoms with Gasteiger partial charge in [-0.15, -0.1) is 0 Å². The van der Waals surface area contributed by atoms with Gasteiger partial charge in [-0.25, -0.2) is 9.79 Å². The van der Waals surface area contributed by atoms with E-state index in [1.54, 1.807) is 29.7 Å². The summed E-state index contributed by atoms with van der Waals surface area (Å²) in [4.78, 5) is 32.6. The van der Waals surface area contributed by atoms with E-state index in [4.69, 9.17) is 9.73 Å². The van der Waals surface area contributed by atoms with Crippen LogP contribution in [-0.2, 0) is 9.53 Å². The molecule has 1 aliphatic heterocycles. The first kappa shape index (κ1) is 25.4. The lowest BCUT2D eigenvalue weighted by molar-refractivity contribution is -0.138. The van der Waals surface area contributed by atoms with E-state index in [1.807, 2.05) is 60.7 Å². The molecule has 186 valence electrons. The van der Waals surface area contributed by atoms with Crippen molar-refractivity contribution in [3.05, 3.63) is 124 Å². The Morgan fingerprint density at radius 2 is 1.70 bits per heavy atom. The fourth-order valence-corrected chi connectivity index (χ4v) is 6.43. The molecule has 0 amide bonds. The minimum Gasteiger partial charge on any atom is -0.506 e. The Labute approximate surface area is 233 Å². The quantitative estimate of drug-likeness (QED) is 0.306. The van der Waals surface area contributed by atoms with Gasteiger partial charge in [0.25, 0.3) is 5.56 Å². The van der Waals surface area contributed by atoms with Gasteiger partial charge in [0.2, 0.25) is 0 Å². The number of hydrogen-bond donors (Lipinski definition) is 1. The minimum absolute atomic E-state index is 0.0780. The Kier molecular flexibility index (Phi) is 7.28. The van der Waals surface area contributed by atoms with E-state index < -0.39 is 12.0 Å². The standard InChI is InChI=1S/C28H20Br2N2O4S/c1-2-36-27(35)22-23(17-9-5-3-6-10-17)31-28-32(24(22)18-11-7-4-8-12-18)26(34)21(37-28)15-16-13-19(29)25(33)20(30)14-16/h3-15,24,33H,2H2,1H3/b21-15-/t24-/m0/s1. The molecule has 1 aromatic heterocycles. The second-order valence-corrected chi connectivity index (χ2v) is 10.9. The van der Waals surface area contributed by atoms with Crippen molar-refractivity contribution in [3.8, 4) is 5.75 Å². The van der Waals surface area contributed by atoms with Gasteiger partial charge in [0.1, 0.15) is 5.75 Å². The summed E-state index contributed by atoms with van der Waals surface area (Å²) in [5, 5.41) is 10.1. The average Bonchev–Trinajstić information content (AvgIpc) is 3.21. The number of hydrogen-bond acceptors (Lipinski definition) is 6. The van der Waals surface area contributed by atoms with Crippen LogP contribution in [-0.4, -0.2) is 22.2 Å². The number of aromatic hydroxyl groups is 1. The zero-order valence-electron chi connectivity index (χ0n) is 19.5. The van der Waals surface area contributed by atoms with Crippen molar-refractivity contribution in [3.63, 3.8) is 0 Å². The van der Waals surface area contributed by atoms with Crippen LogP contribution in [0.4, 0.5) is 0 Å². The number of halogens is 2. The fraction of sp³-hybridized carbons (Fsp3) is 0.107. The van der Waals surface area contributed by atoms with Crippen LogP contribution < -0.4 is 14.9 Å². The lowest BCUT2D eigenvalue weighted by Crippen LogP contribution is -2.39. The van der Waals surface area contributed by atoms with Gasteiger partial charge in [0.15, 0.2) is 4.80 Å². The van der Waals surface area contributed by atoms with Gasteiger partial charge in [0.05, 0.1) is 37.4 Å². The van der Waals surface area contributed by atoms with Gasteiger partial charge in [-0.05, 0) is 68.1 Å². The molecule has 0 unspecified atom stereocenters. The third kappa shape index (κ3) is 4.86. The number of esters is 1. The maximum absolute atomic E-state index is 13.8. The Hall–Kier alpha value is -3.27. The van der Waals surface area contributed by atoms with Gasteiger partial charge >= 0.3 is 5.97 Å². The summed E-state index contributed by atoms with van der Waals surface area (Å²) in [6.45, 7) is 1.95. The van der Waals surface area contributed by atoms with Crippen molar-refractivity contribution in [2.75, 3.05) is 6.61 Å². The number of carbonyl (C=O) groups excluding carboxylic acids is 1. The number of phenolic OH excluding ortho intramolecular Hbond substituents is 1. The molecule has 9 heteroatoms. The molecule has 0 saturated carbocycles. The maximum Gasteiger partial charge on any atom is 0.338 e. The van der Waals surface area contributed by atoms with Crippen molar-refractivity contribution < 1.29 is 14.6 Å². The zero-order chi connectivity index (χ0) is 26.1. The van der Waals surface area contributed by atoms with Crippen molar-refractivity contribution in [2.24, 2.45) is 4.99 Å². The number of benzene rings is 3. The van der Waals surface area contributed by atoms with Crippen LogP contribution in [0.25, 0.3) is 11.8 Å². The van der Waals surface area contributed by atoms with E-state index in [0.717, 1.165) is 11.1 Å². The van der Waals surface area contributed by atoms with Crippen LogP contribution in [0.3, 0.4) is 0 Å². The highest BCUT2D eigenvalue weighted by molar-refractivity contribution is 9.11. The summed E-state index contributed by atoms with van der Waals surface area (Å²) in [5.41, 5.74) is 2.77. The normalized spacial score (nSPS) is 15.3. The summed E-state index contributed by atoms with van der Waals surface area (Å²) in [6.07, 6.45) is 1.75. The van der Waals surface area contributed by atoms with Crippen LogP contribution in [0, 0.1) is 0 Å². The lowest BCUT2D eigenvalue weighted by atomic mass is 9.93. The van der Waals surface area contributed by atoms with E-state index >= 15 is 0 Å². The number of ether oxygens (including phenoxy) is 1. The molecule has 3 aromatic carbocycles. The molecule has 0 radical (unpaired) electrons. The number of aromatic nitrogens is 1. The van der Waals surface area contributed by atoms with Crippen LogP contribution in [0.1, 0.15) is 29.7 Å². The second kappa shape index (κ2) is 10.6. The van der Waals surface area contributed by atoms with Gasteiger partial charge in [-0.3, -0.25) is 9.36 Å². The molecule has 37 heavy (non-hydrogen) atoms. The van der Waals surface area contributed by atoms with Crippen LogP contribution in [0.5, 0.6) is 5.75 Å². The first-order chi connectivity index (χ1) is 17.9. The molecular weight excluding hydrogens is 620 g/mol. The first-order valence-corrected chi connectivity index (χ1v) is 13.8. The van der Waals surface area contributed by atoms with E-state index in [0.29, 0.717) is 35.1 Å². The number of phenols is 1. The van der Waals surface area contributed by atoms with E-state index in [-0.39, 0.29) is 17.9 Å². The highest BCUT2D eigenvalue weighted by Gasteiger charge is 2.35. The van der Waals surface area contributed by atoms with Gasteiger partial charge in [0, 0.05) is 5.56 Å². The van der Waals surface area contributed by atoms with Gasteiger partial charge in [-0.2, -0.15) is 0 Å². The molecule has 1 N–H and O–H groups in total. The summed E-state index contributed by atoms with van der Waals surface area (Å²) >= 11 is 7.93. The summed E-state index contributed by atoms with van der Waals surface area (Å²) in [6, 6.07) is 21.6. The molecule has 1 aliphatic rings. The van der Waals surface area contributed by atoms with Crippen molar-refractivity contribution in [1.29, 1.82) is 0 Å². The number of nitrogens with zero attached hydrogens (tertiary/aromatic N) is 2. The van der Waals surface area contributed by atoms with Crippen LogP contribution >= 0.6 is 43.2 Å². The SMILES string of the molecule is CCOC(=O)C1=C(c2ccccc2)N=c2s/c(=C\c3cc(Br)c(O)c(Br)c3)c(=O)n2[C@H]1c1ccccc1.